The van der Waals surface area contributed by atoms with Crippen molar-refractivity contribution >= 4 is 35.2 Å². The van der Waals surface area contributed by atoms with Gasteiger partial charge in [0.2, 0.25) is 17.7 Å². The number of nitrogens with zero attached hydrogens (tertiary/aromatic N) is 1. The topological polar surface area (TPSA) is 75.7 Å². The largest absolute Gasteiger partial charge is 0.457 e. The zero-order chi connectivity index (χ0) is 23.4. The van der Waals surface area contributed by atoms with Gasteiger partial charge in [-0.05, 0) is 74.6 Å². The van der Waals surface area contributed by atoms with Gasteiger partial charge in [-0.2, -0.15) is 11.8 Å². The number of imide groups is 1. The molecule has 7 heteroatoms. The maximum Gasteiger partial charge on any atom is 0.247 e. The van der Waals surface area contributed by atoms with Gasteiger partial charge in [0.1, 0.15) is 17.5 Å². The number of aryl methyl sites for hydroxylation is 1. The standard InChI is InChI=1S/C26H30N2O4S/c1-17-7-11-19(12-8-17)32-20-13-9-18(10-14-20)27-24(29)23(15-16-33-2)28-25(30)21-5-3-4-6-22(21)26(28)31/h7-14,21-23H,3-6,15-16H2,1-2H3,(H,27,29). The van der Waals surface area contributed by atoms with Crippen LogP contribution in [-0.2, 0) is 14.4 Å². The van der Waals surface area contributed by atoms with Crippen molar-refractivity contribution in [1.82, 2.24) is 4.90 Å². The van der Waals surface area contributed by atoms with E-state index >= 15 is 0 Å². The van der Waals surface area contributed by atoms with Crippen LogP contribution in [0.25, 0.3) is 0 Å². The van der Waals surface area contributed by atoms with Crippen molar-refractivity contribution in [3.05, 3.63) is 54.1 Å². The van der Waals surface area contributed by atoms with E-state index in [0.29, 0.717) is 23.6 Å². The maximum atomic E-state index is 13.2. The summed E-state index contributed by atoms with van der Waals surface area (Å²) in [7, 11) is 0. The first-order valence-electron chi connectivity index (χ1n) is 11.5. The second-order valence-corrected chi connectivity index (χ2v) is 9.76. The summed E-state index contributed by atoms with van der Waals surface area (Å²) in [5, 5.41) is 2.90. The number of fused-ring (bicyclic) bond motifs is 1. The highest BCUT2D eigenvalue weighted by molar-refractivity contribution is 7.98. The molecule has 1 saturated carbocycles. The van der Waals surface area contributed by atoms with Gasteiger partial charge in [-0.1, -0.05) is 30.5 Å². The van der Waals surface area contributed by atoms with E-state index in [9.17, 15) is 14.4 Å². The molecule has 2 fully saturated rings. The van der Waals surface area contributed by atoms with Gasteiger partial charge in [-0.25, -0.2) is 0 Å². The summed E-state index contributed by atoms with van der Waals surface area (Å²) in [4.78, 5) is 40.6. The van der Waals surface area contributed by atoms with Crippen LogP contribution in [-0.4, -0.2) is 40.7 Å². The van der Waals surface area contributed by atoms with Crippen molar-refractivity contribution in [2.24, 2.45) is 11.8 Å². The number of carbonyl (C=O) groups excluding carboxylic acids is 3. The normalized spacial score (nSPS) is 21.0. The molecule has 1 saturated heterocycles. The second-order valence-electron chi connectivity index (χ2n) is 8.77. The lowest BCUT2D eigenvalue weighted by atomic mass is 9.81. The molecule has 1 aliphatic heterocycles. The zero-order valence-electron chi connectivity index (χ0n) is 19.1. The van der Waals surface area contributed by atoms with Crippen LogP contribution in [0.3, 0.4) is 0 Å². The lowest BCUT2D eigenvalue weighted by Gasteiger charge is -2.26. The first-order chi connectivity index (χ1) is 16.0. The van der Waals surface area contributed by atoms with Gasteiger partial charge in [-0.3, -0.25) is 19.3 Å². The molecular formula is C26H30N2O4S. The van der Waals surface area contributed by atoms with Crippen LogP contribution in [0.4, 0.5) is 5.69 Å². The number of ether oxygens (including phenoxy) is 1. The third kappa shape index (κ3) is 5.24. The van der Waals surface area contributed by atoms with Crippen molar-refractivity contribution in [2.75, 3.05) is 17.3 Å². The number of hydrogen-bond donors (Lipinski definition) is 1. The molecule has 1 aliphatic carbocycles. The number of nitrogens with one attached hydrogen (secondary N) is 1. The molecule has 3 atom stereocenters. The number of hydrogen-bond acceptors (Lipinski definition) is 5. The molecule has 2 aromatic carbocycles. The van der Waals surface area contributed by atoms with Gasteiger partial charge in [0.25, 0.3) is 0 Å². The van der Waals surface area contributed by atoms with Gasteiger partial charge in [0.05, 0.1) is 11.8 Å². The predicted octanol–water partition coefficient (Wildman–Crippen LogP) is 5.02. The highest BCUT2D eigenvalue weighted by atomic mass is 32.2. The highest BCUT2D eigenvalue weighted by Gasteiger charge is 2.51. The zero-order valence-corrected chi connectivity index (χ0v) is 19.9. The molecule has 33 heavy (non-hydrogen) atoms. The minimum Gasteiger partial charge on any atom is -0.457 e. The Balaban J connectivity index is 1.45. The van der Waals surface area contributed by atoms with E-state index in [1.807, 2.05) is 37.4 Å². The van der Waals surface area contributed by atoms with Crippen LogP contribution in [0.5, 0.6) is 11.5 Å². The number of amides is 3. The van der Waals surface area contributed by atoms with Crippen LogP contribution in [0.1, 0.15) is 37.7 Å². The van der Waals surface area contributed by atoms with Crippen molar-refractivity contribution < 1.29 is 19.1 Å². The van der Waals surface area contributed by atoms with Crippen LogP contribution < -0.4 is 10.1 Å². The van der Waals surface area contributed by atoms with E-state index in [1.165, 1.54) is 4.90 Å². The minimum absolute atomic E-state index is 0.173. The molecule has 2 aromatic rings. The SMILES string of the molecule is CSCCC(C(=O)Nc1ccc(Oc2ccc(C)cc2)cc1)N1C(=O)C2CCCCC2C1=O. The molecule has 0 spiro atoms. The number of thioether (sulfide) groups is 1. The third-order valence-corrected chi connectivity index (χ3v) is 7.11. The van der Waals surface area contributed by atoms with Crippen LogP contribution in [0.15, 0.2) is 48.5 Å². The van der Waals surface area contributed by atoms with Crippen molar-refractivity contribution in [2.45, 2.75) is 45.1 Å². The summed E-state index contributed by atoms with van der Waals surface area (Å²) >= 11 is 1.60. The third-order valence-electron chi connectivity index (χ3n) is 6.46. The molecule has 3 unspecified atom stereocenters. The summed E-state index contributed by atoms with van der Waals surface area (Å²) in [6.45, 7) is 2.02. The molecule has 3 amide bonds. The Morgan fingerprint density at radius 3 is 2.09 bits per heavy atom. The molecule has 0 aromatic heterocycles. The lowest BCUT2D eigenvalue weighted by Crippen LogP contribution is -2.48. The monoisotopic (exact) mass is 466 g/mol. The number of likely N-dealkylation sites (tertiary alicyclic amines) is 1. The molecule has 0 bridgehead atoms. The Hall–Kier alpha value is -2.80. The summed E-state index contributed by atoms with van der Waals surface area (Å²) in [5.41, 5.74) is 1.76. The van der Waals surface area contributed by atoms with Gasteiger partial charge >= 0.3 is 0 Å². The fourth-order valence-corrected chi connectivity index (χ4v) is 5.14. The number of anilines is 1. The van der Waals surface area contributed by atoms with Gasteiger partial charge in [-0.15, -0.1) is 0 Å². The van der Waals surface area contributed by atoms with Crippen LogP contribution >= 0.6 is 11.8 Å². The number of rotatable bonds is 8. The predicted molar refractivity (Wildman–Crippen MR) is 130 cm³/mol. The lowest BCUT2D eigenvalue weighted by molar-refractivity contribution is -0.146. The fraction of sp³-hybridized carbons (Fsp3) is 0.423. The Morgan fingerprint density at radius 1 is 1.00 bits per heavy atom. The van der Waals surface area contributed by atoms with Gasteiger partial charge in [0, 0.05) is 5.69 Å². The maximum absolute atomic E-state index is 13.2. The molecular weight excluding hydrogens is 436 g/mol. The smallest absolute Gasteiger partial charge is 0.247 e. The van der Waals surface area contributed by atoms with E-state index in [4.69, 9.17) is 4.74 Å². The minimum atomic E-state index is -0.786. The quantitative estimate of drug-likeness (QED) is 0.553. The van der Waals surface area contributed by atoms with Crippen molar-refractivity contribution in [3.8, 4) is 11.5 Å². The summed E-state index contributed by atoms with van der Waals surface area (Å²) < 4.78 is 5.84. The number of benzene rings is 2. The Bertz CT molecular complexity index is 982. The molecule has 1 N–H and O–H groups in total. The first kappa shape index (κ1) is 23.4. The van der Waals surface area contributed by atoms with Crippen LogP contribution in [0, 0.1) is 18.8 Å². The second kappa shape index (κ2) is 10.4. The van der Waals surface area contributed by atoms with Gasteiger partial charge < -0.3 is 10.1 Å². The first-order valence-corrected chi connectivity index (χ1v) is 12.9. The van der Waals surface area contributed by atoms with Crippen LogP contribution in [0.2, 0.25) is 0 Å². The highest BCUT2D eigenvalue weighted by Crippen LogP contribution is 2.39. The Kier molecular flexibility index (Phi) is 7.38. The van der Waals surface area contributed by atoms with E-state index in [-0.39, 0.29) is 29.6 Å². The van der Waals surface area contributed by atoms with E-state index in [2.05, 4.69) is 5.32 Å². The summed E-state index contributed by atoms with van der Waals surface area (Å²) in [6, 6.07) is 14.1. The molecule has 0 radical (unpaired) electrons. The molecule has 6 nitrogen and oxygen atoms in total. The molecule has 174 valence electrons. The van der Waals surface area contributed by atoms with E-state index in [1.54, 1.807) is 36.0 Å². The van der Waals surface area contributed by atoms with E-state index < -0.39 is 6.04 Å². The van der Waals surface area contributed by atoms with Gasteiger partial charge in [0.15, 0.2) is 0 Å². The number of carbonyl (C=O) groups is 3. The average molecular weight is 467 g/mol. The molecule has 1 heterocycles. The molecule has 2 aliphatic rings. The van der Waals surface area contributed by atoms with E-state index in [0.717, 1.165) is 37.0 Å². The Morgan fingerprint density at radius 2 is 1.55 bits per heavy atom. The fourth-order valence-electron chi connectivity index (χ4n) is 4.68. The summed E-state index contributed by atoms with van der Waals surface area (Å²) in [6.07, 6.45) is 5.81. The van der Waals surface area contributed by atoms with Crippen molar-refractivity contribution in [1.29, 1.82) is 0 Å². The summed E-state index contributed by atoms with van der Waals surface area (Å²) in [5.74, 6) is 0.903. The Labute approximate surface area is 199 Å². The van der Waals surface area contributed by atoms with Crippen molar-refractivity contribution in [3.63, 3.8) is 0 Å². The average Bonchev–Trinajstić information content (AvgIpc) is 3.07. The molecule has 4 rings (SSSR count).